The molecule has 0 fully saturated rings. The van der Waals surface area contributed by atoms with Crippen LogP contribution in [0.5, 0.6) is 0 Å². The molecule has 5 heteroatoms. The predicted molar refractivity (Wildman–Crippen MR) is 93.6 cm³/mol. The van der Waals surface area contributed by atoms with Gasteiger partial charge in [0.1, 0.15) is 0 Å². The van der Waals surface area contributed by atoms with Crippen LogP contribution in [-0.4, -0.2) is 24.9 Å². The summed E-state index contributed by atoms with van der Waals surface area (Å²) in [6.45, 7) is 11.4. The van der Waals surface area contributed by atoms with Gasteiger partial charge in [-0.05, 0) is 18.2 Å². The lowest BCUT2D eigenvalue weighted by Gasteiger charge is -2.20. The standard InChI is InChI=1S/C14H17NO4.2C2H6/c1-4-12(16)15(13(17)5-2)11-8-6-7-10(9-11)14(18)19-3;2*1-2/h6-9H,4-5H2,1-3H3;2*1-2H3. The van der Waals surface area contributed by atoms with E-state index in [1.54, 1.807) is 32.0 Å². The minimum absolute atomic E-state index is 0.216. The normalized spacial score (nSPS) is 8.65. The summed E-state index contributed by atoms with van der Waals surface area (Å²) in [5, 5.41) is 0. The van der Waals surface area contributed by atoms with Crippen LogP contribution in [-0.2, 0) is 14.3 Å². The van der Waals surface area contributed by atoms with Gasteiger partial charge >= 0.3 is 5.97 Å². The topological polar surface area (TPSA) is 63.7 Å². The van der Waals surface area contributed by atoms with Crippen molar-refractivity contribution in [2.75, 3.05) is 12.0 Å². The van der Waals surface area contributed by atoms with Crippen molar-refractivity contribution in [3.63, 3.8) is 0 Å². The van der Waals surface area contributed by atoms with E-state index in [0.29, 0.717) is 11.3 Å². The van der Waals surface area contributed by atoms with Crippen molar-refractivity contribution in [3.8, 4) is 0 Å². The third-order valence-electron chi connectivity index (χ3n) is 2.63. The molecule has 1 aromatic carbocycles. The number of rotatable bonds is 4. The highest BCUT2D eigenvalue weighted by atomic mass is 16.5. The highest BCUT2D eigenvalue weighted by Gasteiger charge is 2.21. The molecule has 0 unspecified atom stereocenters. The Morgan fingerprint density at radius 3 is 1.83 bits per heavy atom. The SMILES string of the molecule is CC.CC.CCC(=O)N(C(=O)CC)c1cccc(C(=O)OC)c1. The summed E-state index contributed by atoms with van der Waals surface area (Å²) in [4.78, 5) is 36.3. The quantitative estimate of drug-likeness (QED) is 0.779. The first-order chi connectivity index (χ1) is 11.0. The summed E-state index contributed by atoms with van der Waals surface area (Å²) in [6.07, 6.45) is 0.433. The predicted octanol–water partition coefficient (Wildman–Crippen LogP) is 4.21. The third kappa shape index (κ3) is 7.08. The Hall–Kier alpha value is -2.17. The molecule has 0 radical (unpaired) electrons. The molecule has 0 spiro atoms. The van der Waals surface area contributed by atoms with Gasteiger partial charge in [-0.15, -0.1) is 0 Å². The van der Waals surface area contributed by atoms with Gasteiger partial charge < -0.3 is 4.74 Å². The van der Waals surface area contributed by atoms with Crippen LogP contribution in [0.3, 0.4) is 0 Å². The zero-order valence-corrected chi connectivity index (χ0v) is 15.3. The average Bonchev–Trinajstić information content (AvgIpc) is 2.64. The fraction of sp³-hybridized carbons (Fsp3) is 0.500. The minimum Gasteiger partial charge on any atom is -0.465 e. The highest BCUT2D eigenvalue weighted by Crippen LogP contribution is 2.19. The van der Waals surface area contributed by atoms with Crippen LogP contribution < -0.4 is 4.90 Å². The van der Waals surface area contributed by atoms with Gasteiger partial charge in [0.25, 0.3) is 0 Å². The second-order valence-electron chi connectivity index (χ2n) is 3.87. The Labute approximate surface area is 139 Å². The van der Waals surface area contributed by atoms with E-state index >= 15 is 0 Å². The Balaban J connectivity index is 0. The first-order valence-electron chi connectivity index (χ1n) is 8.09. The Bertz CT molecular complexity index is 482. The number of nitrogens with zero attached hydrogens (tertiary/aromatic N) is 1. The molecular formula is C18H29NO4. The number of imide groups is 1. The van der Waals surface area contributed by atoms with Gasteiger partial charge in [0.15, 0.2) is 0 Å². The van der Waals surface area contributed by atoms with Gasteiger partial charge in [0.05, 0.1) is 18.4 Å². The third-order valence-corrected chi connectivity index (χ3v) is 2.63. The number of hydrogen-bond acceptors (Lipinski definition) is 4. The van der Waals surface area contributed by atoms with Gasteiger partial charge in [-0.3, -0.25) is 14.5 Å². The van der Waals surface area contributed by atoms with Crippen LogP contribution in [0, 0.1) is 0 Å². The van der Waals surface area contributed by atoms with Gasteiger partial charge in [-0.2, -0.15) is 0 Å². The number of esters is 1. The molecule has 1 aromatic rings. The molecule has 0 aliphatic rings. The van der Waals surface area contributed by atoms with E-state index in [4.69, 9.17) is 0 Å². The number of hydrogen-bond donors (Lipinski definition) is 0. The van der Waals surface area contributed by atoms with Crippen molar-refractivity contribution >= 4 is 23.5 Å². The van der Waals surface area contributed by atoms with Crippen molar-refractivity contribution in [2.24, 2.45) is 0 Å². The first-order valence-corrected chi connectivity index (χ1v) is 8.09. The number of carbonyl (C=O) groups excluding carboxylic acids is 3. The molecule has 0 aromatic heterocycles. The molecule has 0 bridgehead atoms. The summed E-state index contributed by atoms with van der Waals surface area (Å²) in [7, 11) is 1.28. The number of benzene rings is 1. The molecule has 0 heterocycles. The molecule has 2 amide bonds. The molecule has 23 heavy (non-hydrogen) atoms. The van der Waals surface area contributed by atoms with E-state index in [2.05, 4.69) is 4.74 Å². The molecular weight excluding hydrogens is 294 g/mol. The summed E-state index contributed by atoms with van der Waals surface area (Å²) < 4.78 is 4.62. The summed E-state index contributed by atoms with van der Waals surface area (Å²) in [5.74, 6) is -1.10. The highest BCUT2D eigenvalue weighted by molar-refractivity contribution is 6.15. The molecule has 0 saturated carbocycles. The smallest absolute Gasteiger partial charge is 0.337 e. The van der Waals surface area contributed by atoms with Gasteiger partial charge in [0, 0.05) is 12.8 Å². The van der Waals surface area contributed by atoms with Crippen molar-refractivity contribution in [1.29, 1.82) is 0 Å². The average molecular weight is 323 g/mol. The van der Waals surface area contributed by atoms with Crippen molar-refractivity contribution in [3.05, 3.63) is 29.8 Å². The molecule has 0 aliphatic carbocycles. The first kappa shape index (κ1) is 23.1. The molecule has 0 atom stereocenters. The zero-order chi connectivity index (χ0) is 18.4. The maximum atomic E-state index is 11.9. The lowest BCUT2D eigenvalue weighted by atomic mass is 10.1. The Morgan fingerprint density at radius 1 is 0.957 bits per heavy atom. The number of carbonyl (C=O) groups is 3. The van der Waals surface area contributed by atoms with E-state index in [9.17, 15) is 14.4 Å². The lowest BCUT2D eigenvalue weighted by Crippen LogP contribution is -2.36. The maximum absolute atomic E-state index is 11.9. The van der Waals surface area contributed by atoms with E-state index in [1.807, 2.05) is 27.7 Å². The number of anilines is 1. The van der Waals surface area contributed by atoms with Gasteiger partial charge in [0.2, 0.25) is 11.8 Å². The molecule has 0 saturated heterocycles. The summed E-state index contributed by atoms with van der Waals surface area (Å²) in [6, 6.07) is 6.28. The van der Waals surface area contributed by atoms with Crippen molar-refractivity contribution in [2.45, 2.75) is 54.4 Å². The number of amides is 2. The van der Waals surface area contributed by atoms with Gasteiger partial charge in [-0.25, -0.2) is 4.79 Å². The van der Waals surface area contributed by atoms with Gasteiger partial charge in [-0.1, -0.05) is 47.6 Å². The molecule has 5 nitrogen and oxygen atoms in total. The maximum Gasteiger partial charge on any atom is 0.337 e. The second kappa shape index (κ2) is 13.5. The van der Waals surface area contributed by atoms with E-state index in [1.165, 1.54) is 13.2 Å². The van der Waals surface area contributed by atoms with Crippen LogP contribution in [0.15, 0.2) is 24.3 Å². The Kier molecular flexibility index (Phi) is 13.5. The Morgan fingerprint density at radius 2 is 1.43 bits per heavy atom. The largest absolute Gasteiger partial charge is 0.465 e. The van der Waals surface area contributed by atoms with Crippen LogP contribution >= 0.6 is 0 Å². The molecule has 1 rings (SSSR count). The monoisotopic (exact) mass is 323 g/mol. The number of methoxy groups -OCH3 is 1. The van der Waals surface area contributed by atoms with Crippen LogP contribution in [0.1, 0.15) is 64.7 Å². The zero-order valence-electron chi connectivity index (χ0n) is 15.3. The molecule has 130 valence electrons. The van der Waals surface area contributed by atoms with E-state index in [0.717, 1.165) is 4.90 Å². The number of ether oxygens (including phenoxy) is 1. The summed E-state index contributed by atoms with van der Waals surface area (Å²) in [5.41, 5.74) is 0.694. The van der Waals surface area contributed by atoms with Crippen molar-refractivity contribution < 1.29 is 19.1 Å². The van der Waals surface area contributed by atoms with Crippen LogP contribution in [0.4, 0.5) is 5.69 Å². The van der Waals surface area contributed by atoms with Crippen molar-refractivity contribution in [1.82, 2.24) is 0 Å². The lowest BCUT2D eigenvalue weighted by molar-refractivity contribution is -0.126. The van der Waals surface area contributed by atoms with Crippen LogP contribution in [0.2, 0.25) is 0 Å². The minimum atomic E-state index is -0.505. The summed E-state index contributed by atoms with van der Waals surface area (Å²) >= 11 is 0. The second-order valence-corrected chi connectivity index (χ2v) is 3.87. The fourth-order valence-electron chi connectivity index (χ4n) is 1.63. The van der Waals surface area contributed by atoms with E-state index in [-0.39, 0.29) is 24.7 Å². The van der Waals surface area contributed by atoms with Crippen LogP contribution in [0.25, 0.3) is 0 Å². The molecule has 0 aliphatic heterocycles. The molecule has 0 N–H and O–H groups in total. The van der Waals surface area contributed by atoms with E-state index < -0.39 is 5.97 Å². The fourth-order valence-corrected chi connectivity index (χ4v) is 1.63.